The van der Waals surface area contributed by atoms with Crippen molar-refractivity contribution in [1.82, 2.24) is 5.32 Å². The van der Waals surface area contributed by atoms with Gasteiger partial charge in [0.2, 0.25) is 0 Å². The summed E-state index contributed by atoms with van der Waals surface area (Å²) in [4.78, 5) is 0. The van der Waals surface area contributed by atoms with Gasteiger partial charge >= 0.3 is 0 Å². The van der Waals surface area contributed by atoms with Gasteiger partial charge in [-0.15, -0.1) is 12.4 Å². The smallest absolute Gasteiger partial charge is 0.0408 e. The summed E-state index contributed by atoms with van der Waals surface area (Å²) in [6.45, 7) is 2.34. The summed E-state index contributed by atoms with van der Waals surface area (Å²) >= 11 is 5.95. The molecule has 1 aliphatic rings. The van der Waals surface area contributed by atoms with Crippen molar-refractivity contribution >= 4 is 24.0 Å². The predicted molar refractivity (Wildman–Crippen MR) is 68.0 cm³/mol. The predicted octanol–water partition coefficient (Wildman–Crippen LogP) is 3.30. The van der Waals surface area contributed by atoms with Gasteiger partial charge in [0, 0.05) is 5.02 Å². The molecule has 0 aromatic heterocycles. The second-order valence-electron chi connectivity index (χ2n) is 4.03. The lowest BCUT2D eigenvalue weighted by Crippen LogP contribution is -2.28. The molecular weight excluding hydrogens is 229 g/mol. The molecule has 1 N–H and O–H groups in total. The topological polar surface area (TPSA) is 12.0 Å². The summed E-state index contributed by atoms with van der Waals surface area (Å²) in [7, 11) is 0. The standard InChI is InChI=1S/C12H16ClN.ClH/c13-12-3-1-2-11(9-12)8-10-4-6-14-7-5-10;/h1-3,9-10,14H,4-8H2;1H. The van der Waals surface area contributed by atoms with E-state index in [-0.39, 0.29) is 12.4 Å². The minimum absolute atomic E-state index is 0. The van der Waals surface area contributed by atoms with Crippen molar-refractivity contribution in [3.63, 3.8) is 0 Å². The highest BCUT2D eigenvalue weighted by molar-refractivity contribution is 6.30. The second-order valence-corrected chi connectivity index (χ2v) is 4.46. The van der Waals surface area contributed by atoms with E-state index in [1.165, 1.54) is 37.9 Å². The Morgan fingerprint density at radius 3 is 2.67 bits per heavy atom. The van der Waals surface area contributed by atoms with Gasteiger partial charge in [-0.25, -0.2) is 0 Å². The highest BCUT2D eigenvalue weighted by Gasteiger charge is 2.13. The van der Waals surface area contributed by atoms with Crippen molar-refractivity contribution in [3.05, 3.63) is 34.9 Å². The quantitative estimate of drug-likeness (QED) is 0.844. The van der Waals surface area contributed by atoms with E-state index >= 15 is 0 Å². The van der Waals surface area contributed by atoms with Gasteiger partial charge in [0.1, 0.15) is 0 Å². The van der Waals surface area contributed by atoms with Crippen molar-refractivity contribution in [2.45, 2.75) is 19.3 Å². The largest absolute Gasteiger partial charge is 0.317 e. The van der Waals surface area contributed by atoms with Crippen LogP contribution in [0.4, 0.5) is 0 Å². The van der Waals surface area contributed by atoms with Crippen LogP contribution in [0.1, 0.15) is 18.4 Å². The van der Waals surface area contributed by atoms with Gasteiger partial charge in [0.25, 0.3) is 0 Å². The Morgan fingerprint density at radius 2 is 2.00 bits per heavy atom. The minimum atomic E-state index is 0. The first-order valence-corrected chi connectivity index (χ1v) is 5.67. The van der Waals surface area contributed by atoms with Crippen LogP contribution in [0, 0.1) is 5.92 Å². The molecule has 1 heterocycles. The molecule has 2 rings (SSSR count). The van der Waals surface area contributed by atoms with Gasteiger partial charge in [-0.1, -0.05) is 23.7 Å². The first kappa shape index (κ1) is 12.8. The van der Waals surface area contributed by atoms with Crippen molar-refractivity contribution in [2.24, 2.45) is 5.92 Å². The van der Waals surface area contributed by atoms with Gasteiger partial charge in [-0.05, 0) is 56.0 Å². The molecule has 0 spiro atoms. The maximum Gasteiger partial charge on any atom is 0.0408 e. The summed E-state index contributed by atoms with van der Waals surface area (Å²) in [6, 6.07) is 8.24. The van der Waals surface area contributed by atoms with E-state index in [1.54, 1.807) is 0 Å². The molecule has 1 nitrogen and oxygen atoms in total. The molecule has 15 heavy (non-hydrogen) atoms. The van der Waals surface area contributed by atoms with Gasteiger partial charge in [0.15, 0.2) is 0 Å². The van der Waals surface area contributed by atoms with Crippen LogP contribution in [-0.4, -0.2) is 13.1 Å². The first-order chi connectivity index (χ1) is 6.84. The van der Waals surface area contributed by atoms with E-state index in [9.17, 15) is 0 Å². The number of piperidine rings is 1. The maximum absolute atomic E-state index is 5.95. The van der Waals surface area contributed by atoms with Crippen LogP contribution >= 0.6 is 24.0 Å². The Hall–Kier alpha value is -0.240. The lowest BCUT2D eigenvalue weighted by Gasteiger charge is -2.22. The van der Waals surface area contributed by atoms with E-state index in [0.29, 0.717) is 0 Å². The number of hydrogen-bond donors (Lipinski definition) is 1. The first-order valence-electron chi connectivity index (χ1n) is 5.30. The lowest BCUT2D eigenvalue weighted by atomic mass is 9.91. The minimum Gasteiger partial charge on any atom is -0.317 e. The fourth-order valence-electron chi connectivity index (χ4n) is 2.08. The van der Waals surface area contributed by atoms with E-state index in [2.05, 4.69) is 17.4 Å². The zero-order valence-electron chi connectivity index (χ0n) is 8.71. The third-order valence-electron chi connectivity index (χ3n) is 2.87. The Morgan fingerprint density at radius 1 is 1.27 bits per heavy atom. The molecule has 1 aliphatic heterocycles. The molecule has 84 valence electrons. The van der Waals surface area contributed by atoms with E-state index in [1.807, 2.05) is 12.1 Å². The highest BCUT2D eigenvalue weighted by atomic mass is 35.5. The van der Waals surface area contributed by atoms with Crippen LogP contribution < -0.4 is 5.32 Å². The van der Waals surface area contributed by atoms with Crippen LogP contribution in [0.2, 0.25) is 5.02 Å². The van der Waals surface area contributed by atoms with E-state index in [4.69, 9.17) is 11.6 Å². The fraction of sp³-hybridized carbons (Fsp3) is 0.500. The van der Waals surface area contributed by atoms with Gasteiger partial charge in [-0.3, -0.25) is 0 Å². The molecule has 0 unspecified atom stereocenters. The Labute approximate surface area is 103 Å². The molecule has 3 heteroatoms. The molecule has 0 saturated carbocycles. The average Bonchev–Trinajstić information content (AvgIpc) is 2.19. The molecule has 1 saturated heterocycles. The summed E-state index contributed by atoms with van der Waals surface area (Å²) in [5.74, 6) is 0.842. The lowest BCUT2D eigenvalue weighted by molar-refractivity contribution is 0.372. The number of nitrogens with one attached hydrogen (secondary N) is 1. The monoisotopic (exact) mass is 245 g/mol. The summed E-state index contributed by atoms with van der Waals surface area (Å²) in [5, 5.41) is 4.24. The molecule has 0 atom stereocenters. The third-order valence-corrected chi connectivity index (χ3v) is 3.11. The highest BCUT2D eigenvalue weighted by Crippen LogP contribution is 2.19. The Bertz CT molecular complexity index is 295. The summed E-state index contributed by atoms with van der Waals surface area (Å²) in [6.07, 6.45) is 3.78. The van der Waals surface area contributed by atoms with Crippen LogP contribution in [0.5, 0.6) is 0 Å². The molecule has 1 fully saturated rings. The van der Waals surface area contributed by atoms with Crippen molar-refractivity contribution in [1.29, 1.82) is 0 Å². The van der Waals surface area contributed by atoms with Crippen LogP contribution in [-0.2, 0) is 6.42 Å². The van der Waals surface area contributed by atoms with Gasteiger partial charge in [0.05, 0.1) is 0 Å². The zero-order valence-corrected chi connectivity index (χ0v) is 10.3. The third kappa shape index (κ3) is 4.02. The molecule has 0 radical (unpaired) electrons. The number of halogens is 2. The molecule has 0 amide bonds. The zero-order chi connectivity index (χ0) is 9.80. The SMILES string of the molecule is Cl.Clc1cccc(CC2CCNCC2)c1. The van der Waals surface area contributed by atoms with Gasteiger partial charge in [-0.2, -0.15) is 0 Å². The number of benzene rings is 1. The van der Waals surface area contributed by atoms with Crippen molar-refractivity contribution in [2.75, 3.05) is 13.1 Å². The molecule has 1 aromatic rings. The van der Waals surface area contributed by atoms with E-state index < -0.39 is 0 Å². The Balaban J connectivity index is 0.00000112. The molecule has 0 bridgehead atoms. The van der Waals surface area contributed by atoms with E-state index in [0.717, 1.165) is 10.9 Å². The summed E-state index contributed by atoms with van der Waals surface area (Å²) < 4.78 is 0. The van der Waals surface area contributed by atoms with Crippen molar-refractivity contribution in [3.8, 4) is 0 Å². The molecule has 0 aliphatic carbocycles. The normalized spacial score (nSPS) is 17.1. The number of rotatable bonds is 2. The van der Waals surface area contributed by atoms with Crippen LogP contribution in [0.3, 0.4) is 0 Å². The van der Waals surface area contributed by atoms with Crippen molar-refractivity contribution < 1.29 is 0 Å². The summed E-state index contributed by atoms with van der Waals surface area (Å²) in [5.41, 5.74) is 1.38. The second kappa shape index (κ2) is 6.37. The average molecular weight is 246 g/mol. The van der Waals surface area contributed by atoms with Crippen LogP contribution in [0.15, 0.2) is 24.3 Å². The fourth-order valence-corrected chi connectivity index (χ4v) is 2.30. The molecule has 1 aromatic carbocycles. The Kier molecular flexibility index (Phi) is 5.44. The molecular formula is C12H17Cl2N. The number of hydrogen-bond acceptors (Lipinski definition) is 1. The maximum atomic E-state index is 5.95. The van der Waals surface area contributed by atoms with Gasteiger partial charge < -0.3 is 5.32 Å². The van der Waals surface area contributed by atoms with Crippen LogP contribution in [0.25, 0.3) is 0 Å².